The normalized spacial score (nSPS) is 23.4. The lowest BCUT2D eigenvalue weighted by molar-refractivity contribution is -0.126. The first-order valence-electron chi connectivity index (χ1n) is 5.73. The number of carbonyl (C=O) groups is 1. The van der Waals surface area contributed by atoms with Crippen LogP contribution in [0, 0.1) is 5.92 Å². The van der Waals surface area contributed by atoms with Crippen LogP contribution in [0.15, 0.2) is 23.7 Å². The van der Waals surface area contributed by atoms with Crippen LogP contribution in [0.5, 0.6) is 5.75 Å². The molecule has 0 aliphatic heterocycles. The van der Waals surface area contributed by atoms with E-state index in [4.69, 9.17) is 4.74 Å². The maximum absolute atomic E-state index is 11.1. The van der Waals surface area contributed by atoms with Crippen LogP contribution in [0.4, 0.5) is 0 Å². The number of nitrogens with zero attached hydrogens (tertiary/aromatic N) is 1. The summed E-state index contributed by atoms with van der Waals surface area (Å²) in [6.07, 6.45) is 1.86. The van der Waals surface area contributed by atoms with Crippen LogP contribution in [0.25, 0.3) is 10.2 Å². The molecule has 1 aliphatic rings. The number of carbonyl (C=O) groups excluding carboxylic acids is 1. The Bertz CT molecular complexity index is 557. The summed E-state index contributed by atoms with van der Waals surface area (Å²) >= 11 is 1.61. The van der Waals surface area contributed by atoms with Crippen molar-refractivity contribution >= 4 is 27.3 Å². The molecule has 0 radical (unpaired) electrons. The fourth-order valence-corrected chi connectivity index (χ4v) is 2.82. The largest absolute Gasteiger partial charge is 0.488 e. The van der Waals surface area contributed by atoms with Gasteiger partial charge in [0.05, 0.1) is 10.2 Å². The lowest BCUT2D eigenvalue weighted by Crippen LogP contribution is -2.37. The van der Waals surface area contributed by atoms with Gasteiger partial charge in [0.1, 0.15) is 23.2 Å². The molecule has 1 aliphatic carbocycles. The quantitative estimate of drug-likeness (QED) is 0.836. The van der Waals surface area contributed by atoms with Crippen LogP contribution in [0.3, 0.4) is 0 Å². The summed E-state index contributed by atoms with van der Waals surface area (Å²) in [6.45, 7) is 1.65. The number of hydrogen-bond donors (Lipinski definition) is 0. The minimum Gasteiger partial charge on any atom is -0.488 e. The summed E-state index contributed by atoms with van der Waals surface area (Å²) in [5, 5.41) is 0. The number of aromatic nitrogens is 1. The Labute approximate surface area is 103 Å². The molecule has 3 rings (SSSR count). The van der Waals surface area contributed by atoms with Crippen LogP contribution >= 0.6 is 11.3 Å². The van der Waals surface area contributed by atoms with E-state index in [9.17, 15) is 4.79 Å². The lowest BCUT2D eigenvalue weighted by atomic mass is 9.80. The zero-order valence-electron chi connectivity index (χ0n) is 9.55. The molecule has 88 valence electrons. The summed E-state index contributed by atoms with van der Waals surface area (Å²) in [4.78, 5) is 15.4. The van der Waals surface area contributed by atoms with Gasteiger partial charge in [-0.15, -0.1) is 11.3 Å². The third-order valence-corrected chi connectivity index (χ3v) is 4.08. The standard InChI is InChI=1S/C13H13NO2S/c1-8(15)9-5-10(6-9)16-11-3-2-4-12-13(11)14-7-17-12/h2-4,7,9-10H,5-6H2,1H3/t9-,10-. The van der Waals surface area contributed by atoms with Gasteiger partial charge in [0.25, 0.3) is 0 Å². The van der Waals surface area contributed by atoms with Crippen LogP contribution in [-0.2, 0) is 4.79 Å². The molecule has 1 fully saturated rings. The maximum atomic E-state index is 11.1. The Balaban J connectivity index is 1.74. The van der Waals surface area contributed by atoms with Crippen molar-refractivity contribution in [2.24, 2.45) is 5.92 Å². The van der Waals surface area contributed by atoms with Crippen molar-refractivity contribution in [2.75, 3.05) is 0 Å². The molecule has 0 N–H and O–H groups in total. The second kappa shape index (κ2) is 4.11. The van der Waals surface area contributed by atoms with Gasteiger partial charge in [-0.1, -0.05) is 6.07 Å². The average Bonchev–Trinajstić information content (AvgIpc) is 2.70. The number of hydrogen-bond acceptors (Lipinski definition) is 4. The van der Waals surface area contributed by atoms with E-state index < -0.39 is 0 Å². The Morgan fingerprint density at radius 2 is 2.29 bits per heavy atom. The SMILES string of the molecule is CC(=O)[C@H]1C[C@H](Oc2cccc3scnc23)C1. The third-order valence-electron chi connectivity index (χ3n) is 3.29. The van der Waals surface area contributed by atoms with Crippen LogP contribution < -0.4 is 4.74 Å². The van der Waals surface area contributed by atoms with E-state index in [2.05, 4.69) is 4.98 Å². The first-order chi connectivity index (χ1) is 8.24. The van der Waals surface area contributed by atoms with Crippen molar-refractivity contribution < 1.29 is 9.53 Å². The molecule has 0 bridgehead atoms. The van der Waals surface area contributed by atoms with Crippen molar-refractivity contribution in [1.82, 2.24) is 4.98 Å². The van der Waals surface area contributed by atoms with Gasteiger partial charge in [-0.2, -0.15) is 0 Å². The van der Waals surface area contributed by atoms with Crippen LogP contribution in [-0.4, -0.2) is 16.9 Å². The molecular weight excluding hydrogens is 234 g/mol. The van der Waals surface area contributed by atoms with Crippen LogP contribution in [0.1, 0.15) is 19.8 Å². The fraction of sp³-hybridized carbons (Fsp3) is 0.385. The number of thiazole rings is 1. The minimum absolute atomic E-state index is 0.177. The molecule has 0 spiro atoms. The first-order valence-corrected chi connectivity index (χ1v) is 6.61. The molecule has 17 heavy (non-hydrogen) atoms. The zero-order chi connectivity index (χ0) is 11.8. The number of ketones is 1. The van der Waals surface area contributed by atoms with Crippen molar-refractivity contribution in [3.05, 3.63) is 23.7 Å². The molecule has 1 saturated carbocycles. The van der Waals surface area contributed by atoms with E-state index in [1.54, 1.807) is 18.3 Å². The topological polar surface area (TPSA) is 39.2 Å². The zero-order valence-corrected chi connectivity index (χ0v) is 10.4. The maximum Gasteiger partial charge on any atom is 0.146 e. The van der Waals surface area contributed by atoms with Crippen molar-refractivity contribution in [3.63, 3.8) is 0 Å². The highest BCUT2D eigenvalue weighted by atomic mass is 32.1. The summed E-state index contributed by atoms with van der Waals surface area (Å²) in [5.41, 5.74) is 2.76. The number of fused-ring (bicyclic) bond motifs is 1. The molecule has 0 unspecified atom stereocenters. The molecule has 3 nitrogen and oxygen atoms in total. The molecule has 0 amide bonds. The molecule has 1 aromatic carbocycles. The first kappa shape index (κ1) is 10.7. The molecule has 0 atom stereocenters. The van der Waals surface area contributed by atoms with Gasteiger partial charge in [-0.05, 0) is 31.9 Å². The monoisotopic (exact) mass is 247 g/mol. The van der Waals surface area contributed by atoms with Gasteiger partial charge in [-0.25, -0.2) is 4.98 Å². The fourth-order valence-electron chi connectivity index (χ4n) is 2.13. The van der Waals surface area contributed by atoms with Crippen molar-refractivity contribution in [2.45, 2.75) is 25.9 Å². The van der Waals surface area contributed by atoms with E-state index in [-0.39, 0.29) is 17.8 Å². The highest BCUT2D eigenvalue weighted by Crippen LogP contribution is 2.34. The van der Waals surface area contributed by atoms with E-state index >= 15 is 0 Å². The Kier molecular flexibility index (Phi) is 2.59. The lowest BCUT2D eigenvalue weighted by Gasteiger charge is -2.33. The van der Waals surface area contributed by atoms with E-state index in [0.29, 0.717) is 0 Å². The number of Topliss-reactive ketones (excluding diaryl/α,β-unsaturated/α-hetero) is 1. The molecule has 1 aromatic heterocycles. The van der Waals surface area contributed by atoms with Gasteiger partial charge in [0.15, 0.2) is 0 Å². The minimum atomic E-state index is 0.177. The van der Waals surface area contributed by atoms with E-state index in [0.717, 1.165) is 28.8 Å². The Morgan fingerprint density at radius 1 is 1.47 bits per heavy atom. The van der Waals surface area contributed by atoms with Gasteiger partial charge >= 0.3 is 0 Å². The second-order valence-electron chi connectivity index (χ2n) is 4.47. The van der Waals surface area contributed by atoms with Crippen molar-refractivity contribution in [3.8, 4) is 5.75 Å². The van der Waals surface area contributed by atoms with Gasteiger partial charge < -0.3 is 4.74 Å². The summed E-state index contributed by atoms with van der Waals surface area (Å²) in [5.74, 6) is 1.32. The summed E-state index contributed by atoms with van der Waals surface area (Å²) in [6, 6.07) is 5.97. The van der Waals surface area contributed by atoms with Crippen LogP contribution in [0.2, 0.25) is 0 Å². The summed E-state index contributed by atoms with van der Waals surface area (Å²) < 4.78 is 7.04. The summed E-state index contributed by atoms with van der Waals surface area (Å²) in [7, 11) is 0. The molecule has 2 aromatic rings. The number of para-hydroxylation sites is 1. The predicted molar refractivity (Wildman–Crippen MR) is 67.4 cm³/mol. The third kappa shape index (κ3) is 1.93. The number of ether oxygens (including phenoxy) is 1. The molecule has 0 saturated heterocycles. The van der Waals surface area contributed by atoms with Gasteiger partial charge in [-0.3, -0.25) is 4.79 Å². The molecule has 4 heteroatoms. The smallest absolute Gasteiger partial charge is 0.146 e. The Hall–Kier alpha value is -1.42. The highest BCUT2D eigenvalue weighted by Gasteiger charge is 2.34. The van der Waals surface area contributed by atoms with E-state index in [1.165, 1.54) is 0 Å². The number of benzene rings is 1. The number of rotatable bonds is 3. The van der Waals surface area contributed by atoms with Gasteiger partial charge in [0, 0.05) is 5.92 Å². The van der Waals surface area contributed by atoms with E-state index in [1.807, 2.05) is 23.7 Å². The molecule has 1 heterocycles. The molecular formula is C13H13NO2S. The predicted octanol–water partition coefficient (Wildman–Crippen LogP) is 3.04. The average molecular weight is 247 g/mol. The Morgan fingerprint density at radius 3 is 3.06 bits per heavy atom. The van der Waals surface area contributed by atoms with Crippen molar-refractivity contribution in [1.29, 1.82) is 0 Å². The van der Waals surface area contributed by atoms with Gasteiger partial charge in [0.2, 0.25) is 0 Å². The highest BCUT2D eigenvalue weighted by molar-refractivity contribution is 7.16. The second-order valence-corrected chi connectivity index (χ2v) is 5.36.